The molecule has 1 aromatic heterocycles. The molecule has 0 saturated carbocycles. The molecule has 3 amide bonds. The summed E-state index contributed by atoms with van der Waals surface area (Å²) < 4.78 is 0. The van der Waals surface area contributed by atoms with Crippen molar-refractivity contribution in [2.45, 2.75) is 25.3 Å². The van der Waals surface area contributed by atoms with Crippen molar-refractivity contribution in [1.82, 2.24) is 14.8 Å². The van der Waals surface area contributed by atoms with Crippen molar-refractivity contribution in [2.75, 3.05) is 13.1 Å². The Balaban J connectivity index is 1.49. The fraction of sp³-hybridized carbons (Fsp3) is 0.273. The standard InChI is InChI=1S/C22H20ClN3O3S/c23-17-8-6-15(7-9-17)12-19-21(28)26(22(29)30-19)14-20(27)25-11-2-1-5-18(25)16-4-3-10-24-13-16/h3-4,6-10,12-13,18H,1-2,5,11,14H2/b19-12-/t18-/m1/s1. The van der Waals surface area contributed by atoms with Gasteiger partial charge in [-0.3, -0.25) is 24.3 Å². The largest absolute Gasteiger partial charge is 0.334 e. The highest BCUT2D eigenvalue weighted by Gasteiger charge is 2.38. The average Bonchev–Trinajstić information content (AvgIpc) is 3.03. The Morgan fingerprint density at radius 2 is 2.00 bits per heavy atom. The van der Waals surface area contributed by atoms with E-state index in [1.54, 1.807) is 47.6 Å². The number of piperidine rings is 1. The molecule has 2 aromatic rings. The maximum absolute atomic E-state index is 13.0. The van der Waals surface area contributed by atoms with Crippen molar-refractivity contribution in [3.8, 4) is 0 Å². The normalized spacial score (nSPS) is 20.8. The molecule has 0 spiro atoms. The van der Waals surface area contributed by atoms with Gasteiger partial charge in [-0.2, -0.15) is 0 Å². The summed E-state index contributed by atoms with van der Waals surface area (Å²) in [5.41, 5.74) is 1.74. The van der Waals surface area contributed by atoms with E-state index >= 15 is 0 Å². The summed E-state index contributed by atoms with van der Waals surface area (Å²) in [4.78, 5) is 45.5. The molecule has 0 unspecified atom stereocenters. The number of hydrogen-bond acceptors (Lipinski definition) is 5. The van der Waals surface area contributed by atoms with E-state index in [1.165, 1.54) is 0 Å². The van der Waals surface area contributed by atoms with Gasteiger partial charge in [-0.25, -0.2) is 0 Å². The van der Waals surface area contributed by atoms with Crippen LogP contribution in [0.3, 0.4) is 0 Å². The van der Waals surface area contributed by atoms with Gasteiger partial charge in [-0.15, -0.1) is 0 Å². The van der Waals surface area contributed by atoms with Crippen molar-refractivity contribution in [1.29, 1.82) is 0 Å². The van der Waals surface area contributed by atoms with E-state index in [4.69, 9.17) is 11.6 Å². The molecule has 2 aliphatic heterocycles. The van der Waals surface area contributed by atoms with Gasteiger partial charge in [0.05, 0.1) is 10.9 Å². The van der Waals surface area contributed by atoms with Gasteiger partial charge in [-0.1, -0.05) is 29.8 Å². The molecule has 30 heavy (non-hydrogen) atoms. The van der Waals surface area contributed by atoms with Crippen LogP contribution in [0.2, 0.25) is 5.02 Å². The van der Waals surface area contributed by atoms with Gasteiger partial charge in [0.2, 0.25) is 5.91 Å². The minimum Gasteiger partial charge on any atom is -0.334 e. The van der Waals surface area contributed by atoms with E-state index < -0.39 is 11.1 Å². The number of carbonyl (C=O) groups is 3. The number of carbonyl (C=O) groups excluding carboxylic acids is 3. The van der Waals surface area contributed by atoms with Crippen LogP contribution >= 0.6 is 23.4 Å². The van der Waals surface area contributed by atoms with Crippen LogP contribution in [0.25, 0.3) is 6.08 Å². The Kier molecular flexibility index (Phi) is 6.20. The predicted octanol–water partition coefficient (Wildman–Crippen LogP) is 4.53. The molecule has 2 saturated heterocycles. The lowest BCUT2D eigenvalue weighted by Gasteiger charge is -2.36. The maximum Gasteiger partial charge on any atom is 0.294 e. The molecule has 0 aliphatic carbocycles. The third-order valence-corrected chi connectivity index (χ3v) is 6.39. The van der Waals surface area contributed by atoms with Gasteiger partial charge in [0.1, 0.15) is 6.54 Å². The highest BCUT2D eigenvalue weighted by Crippen LogP contribution is 2.34. The molecule has 1 aromatic carbocycles. The average molecular weight is 442 g/mol. The summed E-state index contributed by atoms with van der Waals surface area (Å²) in [6.07, 6.45) is 7.88. The van der Waals surface area contributed by atoms with Gasteiger partial charge in [0, 0.05) is 24.0 Å². The van der Waals surface area contributed by atoms with E-state index in [0.29, 0.717) is 16.5 Å². The van der Waals surface area contributed by atoms with E-state index in [0.717, 1.165) is 47.1 Å². The molecule has 1 atom stereocenters. The number of benzene rings is 1. The second-order valence-electron chi connectivity index (χ2n) is 7.20. The Hall–Kier alpha value is -2.64. The number of thioether (sulfide) groups is 1. The molecule has 2 aliphatic rings. The number of likely N-dealkylation sites (tertiary alicyclic amines) is 1. The number of imide groups is 1. The lowest BCUT2D eigenvalue weighted by atomic mass is 9.96. The molecular weight excluding hydrogens is 422 g/mol. The van der Waals surface area contributed by atoms with Crippen LogP contribution in [-0.2, 0) is 9.59 Å². The third-order valence-electron chi connectivity index (χ3n) is 5.23. The van der Waals surface area contributed by atoms with Crippen LogP contribution in [0, 0.1) is 0 Å². The summed E-state index contributed by atoms with van der Waals surface area (Å²) >= 11 is 6.74. The number of pyridine rings is 1. The van der Waals surface area contributed by atoms with Crippen molar-refractivity contribution >= 4 is 46.5 Å². The molecule has 3 heterocycles. The Morgan fingerprint density at radius 1 is 1.20 bits per heavy atom. The summed E-state index contributed by atoms with van der Waals surface area (Å²) in [6, 6.07) is 10.7. The quantitative estimate of drug-likeness (QED) is 0.652. The van der Waals surface area contributed by atoms with Crippen LogP contribution < -0.4 is 0 Å². The summed E-state index contributed by atoms with van der Waals surface area (Å²) in [5.74, 6) is -0.665. The van der Waals surface area contributed by atoms with Crippen LogP contribution in [0.15, 0.2) is 53.7 Å². The van der Waals surface area contributed by atoms with Crippen LogP contribution in [0.5, 0.6) is 0 Å². The summed E-state index contributed by atoms with van der Waals surface area (Å²) in [7, 11) is 0. The van der Waals surface area contributed by atoms with E-state index in [9.17, 15) is 14.4 Å². The van der Waals surface area contributed by atoms with Crippen LogP contribution in [0.1, 0.15) is 36.4 Å². The minimum absolute atomic E-state index is 0.0792. The SMILES string of the molecule is O=C1S/C(=C\c2ccc(Cl)cc2)C(=O)N1CC(=O)N1CCCC[C@@H]1c1cccnc1. The second kappa shape index (κ2) is 9.02. The maximum atomic E-state index is 13.0. The first-order chi connectivity index (χ1) is 14.5. The molecule has 154 valence electrons. The molecule has 2 fully saturated rings. The third kappa shape index (κ3) is 4.42. The minimum atomic E-state index is -0.441. The van der Waals surface area contributed by atoms with Gasteiger partial charge in [-0.05, 0) is 66.4 Å². The number of amides is 3. The molecule has 8 heteroatoms. The van der Waals surface area contributed by atoms with Crippen molar-refractivity contribution < 1.29 is 14.4 Å². The molecule has 0 radical (unpaired) electrons. The number of nitrogens with zero attached hydrogens (tertiary/aromatic N) is 3. The monoisotopic (exact) mass is 441 g/mol. The van der Waals surface area contributed by atoms with Gasteiger partial charge in [0.15, 0.2) is 0 Å². The highest BCUT2D eigenvalue weighted by molar-refractivity contribution is 8.18. The fourth-order valence-electron chi connectivity index (χ4n) is 3.72. The molecule has 4 rings (SSSR count). The van der Waals surface area contributed by atoms with Crippen LogP contribution in [0.4, 0.5) is 4.79 Å². The smallest absolute Gasteiger partial charge is 0.294 e. The zero-order chi connectivity index (χ0) is 21.1. The zero-order valence-corrected chi connectivity index (χ0v) is 17.7. The topological polar surface area (TPSA) is 70.6 Å². The number of aromatic nitrogens is 1. The molecular formula is C22H20ClN3O3S. The Labute approximate surface area is 183 Å². The van der Waals surface area contributed by atoms with E-state index in [2.05, 4.69) is 4.98 Å². The number of halogens is 1. The molecule has 6 nitrogen and oxygen atoms in total. The lowest BCUT2D eigenvalue weighted by Crippen LogP contribution is -2.45. The van der Waals surface area contributed by atoms with Crippen molar-refractivity contribution in [2.24, 2.45) is 0 Å². The Morgan fingerprint density at radius 3 is 2.73 bits per heavy atom. The highest BCUT2D eigenvalue weighted by atomic mass is 35.5. The van der Waals surface area contributed by atoms with Gasteiger partial charge in [0.25, 0.3) is 11.1 Å². The van der Waals surface area contributed by atoms with Crippen molar-refractivity contribution in [3.05, 3.63) is 69.8 Å². The van der Waals surface area contributed by atoms with Gasteiger partial charge >= 0.3 is 0 Å². The van der Waals surface area contributed by atoms with Crippen molar-refractivity contribution in [3.63, 3.8) is 0 Å². The van der Waals surface area contributed by atoms with E-state index in [-0.39, 0.29) is 18.5 Å². The lowest BCUT2D eigenvalue weighted by molar-refractivity contribution is -0.138. The first-order valence-electron chi connectivity index (χ1n) is 9.73. The number of hydrogen-bond donors (Lipinski definition) is 0. The molecule has 0 bridgehead atoms. The Bertz CT molecular complexity index is 994. The van der Waals surface area contributed by atoms with Gasteiger partial charge < -0.3 is 4.90 Å². The first kappa shape index (κ1) is 20.6. The molecule has 0 N–H and O–H groups in total. The zero-order valence-electron chi connectivity index (χ0n) is 16.2. The predicted molar refractivity (Wildman–Crippen MR) is 117 cm³/mol. The van der Waals surface area contributed by atoms with E-state index in [1.807, 2.05) is 12.1 Å². The summed E-state index contributed by atoms with van der Waals surface area (Å²) in [5, 5.41) is 0.166. The number of rotatable bonds is 4. The fourth-order valence-corrected chi connectivity index (χ4v) is 4.69. The summed E-state index contributed by atoms with van der Waals surface area (Å²) in [6.45, 7) is 0.356. The van der Waals surface area contributed by atoms with Crippen LogP contribution in [-0.4, -0.2) is 44.9 Å². The second-order valence-corrected chi connectivity index (χ2v) is 8.63. The first-order valence-corrected chi connectivity index (χ1v) is 10.9.